The van der Waals surface area contributed by atoms with Gasteiger partial charge in [-0.05, 0) is 74.0 Å². The highest BCUT2D eigenvalue weighted by Gasteiger charge is 2.18. The summed E-state index contributed by atoms with van der Waals surface area (Å²) in [4.78, 5) is 26.7. The van der Waals surface area contributed by atoms with Gasteiger partial charge >= 0.3 is 0 Å². The smallest absolute Gasteiger partial charge is 0.268 e. The summed E-state index contributed by atoms with van der Waals surface area (Å²) in [5.41, 5.74) is 5.13. The Bertz CT molecular complexity index is 1080. The highest BCUT2D eigenvalue weighted by atomic mass is 32.1. The van der Waals surface area contributed by atoms with Crippen molar-refractivity contribution in [1.82, 2.24) is 10.6 Å². The van der Waals surface area contributed by atoms with Crippen LogP contribution >= 0.6 is 11.3 Å². The van der Waals surface area contributed by atoms with E-state index in [-0.39, 0.29) is 23.6 Å². The minimum atomic E-state index is -0.324. The highest BCUT2D eigenvalue weighted by molar-refractivity contribution is 7.10. The maximum atomic E-state index is 13.0. The molecule has 0 aliphatic carbocycles. The first-order valence-corrected chi connectivity index (χ1v) is 10.7. The Kier molecular flexibility index (Phi) is 6.85. The van der Waals surface area contributed by atoms with Crippen LogP contribution in [0.2, 0.25) is 0 Å². The second-order valence-electron chi connectivity index (χ2n) is 7.44. The summed E-state index contributed by atoms with van der Waals surface area (Å²) in [7, 11) is 0. The molecule has 1 heterocycles. The molecule has 0 spiro atoms. The Hall–Kier alpha value is -3.18. The number of hydrogen-bond donors (Lipinski definition) is 2. The molecule has 2 aromatic carbocycles. The fraction of sp³-hybridized carbons (Fsp3) is 0.200. The first kappa shape index (κ1) is 21.5. The Morgan fingerprint density at radius 1 is 0.967 bits per heavy atom. The van der Waals surface area contributed by atoms with E-state index in [1.54, 1.807) is 18.2 Å². The molecule has 0 aliphatic heterocycles. The van der Waals surface area contributed by atoms with Gasteiger partial charge in [0.2, 0.25) is 0 Å². The van der Waals surface area contributed by atoms with Gasteiger partial charge in [0, 0.05) is 10.4 Å². The van der Waals surface area contributed by atoms with Gasteiger partial charge in [-0.1, -0.05) is 42.0 Å². The molecular formula is C25H26N2O2S. The highest BCUT2D eigenvalue weighted by Crippen LogP contribution is 2.18. The number of amides is 2. The SMILES string of the molecule is Cc1cccc(C(=O)N/C(=C\c2cccs2)C(=O)N[C@@H](C)c2ccc(C)c(C)c2)c1. The molecule has 0 fully saturated rings. The van der Waals surface area contributed by atoms with E-state index in [9.17, 15) is 9.59 Å². The summed E-state index contributed by atoms with van der Waals surface area (Å²) >= 11 is 1.51. The van der Waals surface area contributed by atoms with Gasteiger partial charge in [-0.25, -0.2) is 0 Å². The summed E-state index contributed by atoms with van der Waals surface area (Å²) in [5.74, 6) is -0.634. The Morgan fingerprint density at radius 2 is 1.77 bits per heavy atom. The topological polar surface area (TPSA) is 58.2 Å². The molecular weight excluding hydrogens is 392 g/mol. The second-order valence-corrected chi connectivity index (χ2v) is 8.42. The van der Waals surface area contributed by atoms with E-state index >= 15 is 0 Å². The Balaban J connectivity index is 1.82. The molecule has 0 bridgehead atoms. The molecule has 30 heavy (non-hydrogen) atoms. The standard InChI is InChI=1S/C25H26N2O2S/c1-16-7-5-8-21(13-16)24(28)27-23(15-22-9-6-12-30-22)25(29)26-19(4)20-11-10-17(2)18(3)14-20/h5-15,19H,1-4H3,(H,26,29)(H,27,28)/b23-15-/t19-/m0/s1. The third-order valence-electron chi connectivity index (χ3n) is 4.98. The molecule has 3 rings (SSSR count). The van der Waals surface area contributed by atoms with Crippen molar-refractivity contribution in [1.29, 1.82) is 0 Å². The summed E-state index contributed by atoms with van der Waals surface area (Å²) < 4.78 is 0. The van der Waals surface area contributed by atoms with Crippen LogP contribution in [-0.2, 0) is 4.79 Å². The number of aryl methyl sites for hydroxylation is 3. The van der Waals surface area contributed by atoms with Crippen molar-refractivity contribution in [2.75, 3.05) is 0 Å². The minimum absolute atomic E-state index is 0.195. The summed E-state index contributed by atoms with van der Waals surface area (Å²) in [6.07, 6.45) is 1.71. The third kappa shape index (κ3) is 5.45. The molecule has 5 heteroatoms. The molecule has 1 aromatic heterocycles. The molecule has 0 aliphatic rings. The van der Waals surface area contributed by atoms with Crippen LogP contribution < -0.4 is 10.6 Å². The first-order valence-electron chi connectivity index (χ1n) is 9.84. The zero-order valence-electron chi connectivity index (χ0n) is 17.7. The van der Waals surface area contributed by atoms with Gasteiger partial charge < -0.3 is 10.6 Å². The van der Waals surface area contributed by atoms with E-state index in [1.807, 2.05) is 49.6 Å². The lowest BCUT2D eigenvalue weighted by atomic mass is 10.0. The fourth-order valence-electron chi connectivity index (χ4n) is 3.05. The van der Waals surface area contributed by atoms with E-state index in [0.717, 1.165) is 16.0 Å². The Labute approximate surface area is 181 Å². The van der Waals surface area contributed by atoms with Gasteiger partial charge in [-0.15, -0.1) is 11.3 Å². The largest absolute Gasteiger partial charge is 0.344 e. The lowest BCUT2D eigenvalue weighted by Crippen LogP contribution is -2.36. The van der Waals surface area contributed by atoms with Gasteiger partial charge in [-0.2, -0.15) is 0 Å². The van der Waals surface area contributed by atoms with Crippen LogP contribution in [0.15, 0.2) is 65.7 Å². The predicted octanol–water partition coefficient (Wildman–Crippen LogP) is 5.32. The van der Waals surface area contributed by atoms with Gasteiger partial charge in [0.1, 0.15) is 5.70 Å². The van der Waals surface area contributed by atoms with Crippen LogP contribution in [-0.4, -0.2) is 11.8 Å². The van der Waals surface area contributed by atoms with Crippen LogP contribution in [0.5, 0.6) is 0 Å². The van der Waals surface area contributed by atoms with Crippen LogP contribution in [0, 0.1) is 20.8 Å². The van der Waals surface area contributed by atoms with E-state index in [0.29, 0.717) is 5.56 Å². The van der Waals surface area contributed by atoms with Gasteiger partial charge in [0.05, 0.1) is 6.04 Å². The number of rotatable bonds is 6. The zero-order valence-corrected chi connectivity index (χ0v) is 18.5. The monoisotopic (exact) mass is 418 g/mol. The normalized spacial score (nSPS) is 12.3. The lowest BCUT2D eigenvalue weighted by Gasteiger charge is -2.17. The molecule has 0 saturated heterocycles. The molecule has 154 valence electrons. The second kappa shape index (κ2) is 9.55. The van der Waals surface area contributed by atoms with Crippen molar-refractivity contribution < 1.29 is 9.59 Å². The van der Waals surface area contributed by atoms with Crippen molar-refractivity contribution >= 4 is 29.2 Å². The summed E-state index contributed by atoms with van der Waals surface area (Å²) in [6, 6.07) is 17.1. The van der Waals surface area contributed by atoms with Crippen LogP contribution in [0.4, 0.5) is 0 Å². The van der Waals surface area contributed by atoms with Crippen molar-refractivity contribution in [3.63, 3.8) is 0 Å². The molecule has 4 nitrogen and oxygen atoms in total. The molecule has 0 saturated carbocycles. The van der Waals surface area contributed by atoms with E-state index < -0.39 is 0 Å². The Morgan fingerprint density at radius 3 is 2.43 bits per heavy atom. The predicted molar refractivity (Wildman–Crippen MR) is 123 cm³/mol. The van der Waals surface area contributed by atoms with Gasteiger partial charge in [-0.3, -0.25) is 9.59 Å². The molecule has 3 aromatic rings. The number of benzene rings is 2. The average Bonchev–Trinajstić information content (AvgIpc) is 3.22. The molecule has 2 N–H and O–H groups in total. The molecule has 0 radical (unpaired) electrons. The van der Waals surface area contributed by atoms with Crippen LogP contribution in [0.25, 0.3) is 6.08 Å². The van der Waals surface area contributed by atoms with E-state index in [4.69, 9.17) is 0 Å². The summed E-state index contributed by atoms with van der Waals surface area (Å²) in [5, 5.41) is 7.73. The van der Waals surface area contributed by atoms with E-state index in [1.165, 1.54) is 22.5 Å². The fourth-order valence-corrected chi connectivity index (χ4v) is 3.70. The first-order chi connectivity index (χ1) is 14.3. The van der Waals surface area contributed by atoms with Gasteiger partial charge in [0.15, 0.2) is 0 Å². The van der Waals surface area contributed by atoms with Crippen molar-refractivity contribution in [3.8, 4) is 0 Å². The summed E-state index contributed by atoms with van der Waals surface area (Å²) in [6.45, 7) is 7.98. The van der Waals surface area contributed by atoms with E-state index in [2.05, 4.69) is 36.6 Å². The minimum Gasteiger partial charge on any atom is -0.344 e. The quantitative estimate of drug-likeness (QED) is 0.532. The average molecular weight is 419 g/mol. The lowest BCUT2D eigenvalue weighted by molar-refractivity contribution is -0.118. The number of carbonyl (C=O) groups is 2. The van der Waals surface area contributed by atoms with Crippen molar-refractivity contribution in [2.24, 2.45) is 0 Å². The molecule has 0 unspecified atom stereocenters. The zero-order chi connectivity index (χ0) is 21.7. The third-order valence-corrected chi connectivity index (χ3v) is 5.80. The van der Waals surface area contributed by atoms with Gasteiger partial charge in [0.25, 0.3) is 11.8 Å². The number of carbonyl (C=O) groups excluding carboxylic acids is 2. The number of nitrogens with one attached hydrogen (secondary N) is 2. The van der Waals surface area contributed by atoms with Crippen molar-refractivity contribution in [3.05, 3.63) is 98.4 Å². The number of hydrogen-bond acceptors (Lipinski definition) is 3. The maximum Gasteiger partial charge on any atom is 0.268 e. The maximum absolute atomic E-state index is 13.0. The number of thiophene rings is 1. The van der Waals surface area contributed by atoms with Crippen molar-refractivity contribution in [2.45, 2.75) is 33.7 Å². The molecule has 1 atom stereocenters. The van der Waals surface area contributed by atoms with Crippen LogP contribution in [0.1, 0.15) is 50.5 Å². The molecule has 2 amide bonds. The van der Waals surface area contributed by atoms with Crippen LogP contribution in [0.3, 0.4) is 0 Å².